The molecule has 5 rings (SSSR count). The summed E-state index contributed by atoms with van der Waals surface area (Å²) in [5.74, 6) is 0.233. The third-order valence-electron chi connectivity index (χ3n) is 6.70. The summed E-state index contributed by atoms with van der Waals surface area (Å²) in [6.07, 6.45) is 6.98. The second-order valence-corrected chi connectivity index (χ2v) is 10.6. The van der Waals surface area contributed by atoms with Crippen molar-refractivity contribution in [3.8, 4) is 6.07 Å². The van der Waals surface area contributed by atoms with Crippen LogP contribution in [0.4, 0.5) is 0 Å². The quantitative estimate of drug-likeness (QED) is 0.592. The fourth-order valence-electron chi connectivity index (χ4n) is 4.81. The molecule has 2 fully saturated rings. The molecule has 0 aliphatic carbocycles. The van der Waals surface area contributed by atoms with Gasteiger partial charge in [0.15, 0.2) is 0 Å². The van der Waals surface area contributed by atoms with Crippen LogP contribution in [0.5, 0.6) is 0 Å². The standard InChI is InChI=1S/C24H25N5O3S/c25-16-18-4-3-5-21(14-18)33(31,32)28-11-6-19(7-12-28)20-8-13-29-23(15-20)22(17-26-29)24(30)27-9-1-2-10-27/h3-5,8,13-15,17,19H,1-2,6-7,9-12H2. The first-order valence-electron chi connectivity index (χ1n) is 11.2. The van der Waals surface area contributed by atoms with Gasteiger partial charge in [-0.15, -0.1) is 0 Å². The molecule has 170 valence electrons. The van der Waals surface area contributed by atoms with E-state index in [0.29, 0.717) is 37.1 Å². The molecule has 2 aromatic heterocycles. The molecular formula is C24H25N5O3S. The Hall–Kier alpha value is -3.22. The molecular weight excluding hydrogens is 438 g/mol. The minimum Gasteiger partial charge on any atom is -0.339 e. The number of pyridine rings is 1. The fraction of sp³-hybridized carbons (Fsp3) is 0.375. The molecule has 0 radical (unpaired) electrons. The van der Waals surface area contributed by atoms with Crippen LogP contribution in [-0.2, 0) is 10.0 Å². The van der Waals surface area contributed by atoms with Crippen molar-refractivity contribution in [2.24, 2.45) is 0 Å². The Morgan fingerprint density at radius 3 is 2.55 bits per heavy atom. The number of nitrogens with zero attached hydrogens (tertiary/aromatic N) is 5. The lowest BCUT2D eigenvalue weighted by atomic mass is 9.90. The zero-order valence-electron chi connectivity index (χ0n) is 18.2. The second-order valence-electron chi connectivity index (χ2n) is 8.67. The van der Waals surface area contributed by atoms with Gasteiger partial charge in [0, 0.05) is 32.4 Å². The Morgan fingerprint density at radius 1 is 1.06 bits per heavy atom. The number of hydrogen-bond acceptors (Lipinski definition) is 5. The van der Waals surface area contributed by atoms with Crippen molar-refractivity contribution >= 4 is 21.4 Å². The summed E-state index contributed by atoms with van der Waals surface area (Å²) in [6.45, 7) is 2.40. The predicted molar refractivity (Wildman–Crippen MR) is 122 cm³/mol. The minimum absolute atomic E-state index is 0.0279. The van der Waals surface area contributed by atoms with Gasteiger partial charge >= 0.3 is 0 Å². The van der Waals surface area contributed by atoms with Crippen molar-refractivity contribution in [3.05, 3.63) is 65.5 Å². The van der Waals surface area contributed by atoms with E-state index < -0.39 is 10.0 Å². The smallest absolute Gasteiger partial charge is 0.257 e. The highest BCUT2D eigenvalue weighted by molar-refractivity contribution is 7.89. The first-order chi connectivity index (χ1) is 16.0. The maximum atomic E-state index is 13.0. The van der Waals surface area contributed by atoms with E-state index in [0.717, 1.165) is 37.0 Å². The van der Waals surface area contributed by atoms with Crippen molar-refractivity contribution < 1.29 is 13.2 Å². The van der Waals surface area contributed by atoms with E-state index in [9.17, 15) is 13.2 Å². The van der Waals surface area contributed by atoms with E-state index in [2.05, 4.69) is 5.10 Å². The molecule has 2 aliphatic heterocycles. The van der Waals surface area contributed by atoms with Gasteiger partial charge in [0.2, 0.25) is 10.0 Å². The number of aromatic nitrogens is 2. The summed E-state index contributed by atoms with van der Waals surface area (Å²) in [5.41, 5.74) is 2.85. The fourth-order valence-corrected chi connectivity index (χ4v) is 6.33. The number of benzene rings is 1. The molecule has 0 atom stereocenters. The third-order valence-corrected chi connectivity index (χ3v) is 8.59. The Labute approximate surface area is 193 Å². The summed E-state index contributed by atoms with van der Waals surface area (Å²) in [5, 5.41) is 13.4. The van der Waals surface area contributed by atoms with E-state index in [1.807, 2.05) is 29.3 Å². The Morgan fingerprint density at radius 2 is 1.82 bits per heavy atom. The van der Waals surface area contributed by atoms with E-state index in [4.69, 9.17) is 5.26 Å². The van der Waals surface area contributed by atoms with Crippen molar-refractivity contribution in [3.63, 3.8) is 0 Å². The summed E-state index contributed by atoms with van der Waals surface area (Å²) in [6, 6.07) is 12.2. The predicted octanol–water partition coefficient (Wildman–Crippen LogP) is 3.01. The number of carbonyl (C=O) groups excluding carboxylic acids is 1. The monoisotopic (exact) mass is 463 g/mol. The molecule has 33 heavy (non-hydrogen) atoms. The molecule has 3 aromatic rings. The van der Waals surface area contributed by atoms with Crippen LogP contribution in [0.2, 0.25) is 0 Å². The number of nitriles is 1. The SMILES string of the molecule is N#Cc1cccc(S(=O)(=O)N2CCC(c3ccn4ncc(C(=O)N5CCCC5)c4c3)CC2)c1. The zero-order valence-corrected chi connectivity index (χ0v) is 19.0. The van der Waals surface area contributed by atoms with Crippen LogP contribution in [0.25, 0.3) is 5.52 Å². The highest BCUT2D eigenvalue weighted by atomic mass is 32.2. The van der Waals surface area contributed by atoms with Crippen molar-refractivity contribution in [2.75, 3.05) is 26.2 Å². The van der Waals surface area contributed by atoms with Crippen molar-refractivity contribution in [2.45, 2.75) is 36.5 Å². The minimum atomic E-state index is -3.64. The van der Waals surface area contributed by atoms with Gasteiger partial charge in [-0.25, -0.2) is 12.9 Å². The molecule has 0 N–H and O–H groups in total. The lowest BCUT2D eigenvalue weighted by Crippen LogP contribution is -2.37. The second kappa shape index (κ2) is 8.61. The van der Waals surface area contributed by atoms with E-state index in [1.54, 1.807) is 22.8 Å². The number of hydrogen-bond donors (Lipinski definition) is 0. The number of amides is 1. The van der Waals surface area contributed by atoms with Crippen LogP contribution in [0.15, 0.2) is 53.7 Å². The average molecular weight is 464 g/mol. The number of likely N-dealkylation sites (tertiary alicyclic amines) is 1. The van der Waals surface area contributed by atoms with Crippen LogP contribution in [0.1, 0.15) is 53.1 Å². The molecule has 0 spiro atoms. The average Bonchev–Trinajstić information content (AvgIpc) is 3.54. The number of rotatable bonds is 4. The highest BCUT2D eigenvalue weighted by Crippen LogP contribution is 2.32. The van der Waals surface area contributed by atoms with Crippen LogP contribution in [0, 0.1) is 11.3 Å². The van der Waals surface area contributed by atoms with Gasteiger partial charge < -0.3 is 4.90 Å². The molecule has 0 unspecified atom stereocenters. The van der Waals surface area contributed by atoms with E-state index in [1.165, 1.54) is 16.4 Å². The molecule has 4 heterocycles. The Bertz CT molecular complexity index is 1340. The number of carbonyl (C=O) groups is 1. The summed E-state index contributed by atoms with van der Waals surface area (Å²) in [7, 11) is -3.64. The van der Waals surface area contributed by atoms with Crippen LogP contribution < -0.4 is 0 Å². The zero-order chi connectivity index (χ0) is 23.0. The number of sulfonamides is 1. The van der Waals surface area contributed by atoms with Crippen molar-refractivity contribution in [1.29, 1.82) is 5.26 Å². The van der Waals surface area contributed by atoms with Gasteiger partial charge in [-0.3, -0.25) is 4.79 Å². The lowest BCUT2D eigenvalue weighted by molar-refractivity contribution is 0.0794. The first-order valence-corrected chi connectivity index (χ1v) is 12.7. The largest absolute Gasteiger partial charge is 0.339 e. The van der Waals surface area contributed by atoms with Crippen molar-refractivity contribution in [1.82, 2.24) is 18.8 Å². The van der Waals surface area contributed by atoms with Gasteiger partial charge in [-0.05, 0) is 67.5 Å². The molecule has 1 amide bonds. The van der Waals surface area contributed by atoms with Gasteiger partial charge in [0.1, 0.15) is 0 Å². The topological polar surface area (TPSA) is 98.8 Å². The van der Waals surface area contributed by atoms with Crippen LogP contribution >= 0.6 is 0 Å². The Balaban J connectivity index is 1.33. The summed E-state index contributed by atoms with van der Waals surface area (Å²) >= 11 is 0. The maximum absolute atomic E-state index is 13.0. The van der Waals surface area contributed by atoms with Gasteiger partial charge in [-0.2, -0.15) is 14.7 Å². The molecule has 2 saturated heterocycles. The lowest BCUT2D eigenvalue weighted by Gasteiger charge is -2.31. The maximum Gasteiger partial charge on any atom is 0.257 e. The van der Waals surface area contributed by atoms with Gasteiger partial charge in [0.05, 0.1) is 33.8 Å². The molecule has 1 aromatic carbocycles. The van der Waals surface area contributed by atoms with E-state index >= 15 is 0 Å². The molecule has 0 bridgehead atoms. The third kappa shape index (κ3) is 4.01. The first kappa shape index (κ1) is 21.6. The number of piperidine rings is 1. The molecule has 2 aliphatic rings. The molecule has 9 heteroatoms. The normalized spacial score (nSPS) is 18.0. The molecule has 8 nitrogen and oxygen atoms in total. The highest BCUT2D eigenvalue weighted by Gasteiger charge is 2.30. The van der Waals surface area contributed by atoms with Crippen LogP contribution in [-0.4, -0.2) is 59.3 Å². The Kier molecular flexibility index (Phi) is 5.64. The summed E-state index contributed by atoms with van der Waals surface area (Å²) in [4.78, 5) is 15.0. The number of fused-ring (bicyclic) bond motifs is 1. The van der Waals surface area contributed by atoms with E-state index in [-0.39, 0.29) is 16.7 Å². The van der Waals surface area contributed by atoms with Gasteiger partial charge in [0.25, 0.3) is 5.91 Å². The van der Waals surface area contributed by atoms with Crippen LogP contribution in [0.3, 0.4) is 0 Å². The molecule has 0 saturated carbocycles. The summed E-state index contributed by atoms with van der Waals surface area (Å²) < 4.78 is 29.3. The van der Waals surface area contributed by atoms with Gasteiger partial charge in [-0.1, -0.05) is 6.07 Å².